The maximum Gasteiger partial charge on any atom is 0.285 e. The lowest BCUT2D eigenvalue weighted by molar-refractivity contribution is -0.239. The Kier molecular flexibility index (Phi) is 7.58. The van der Waals surface area contributed by atoms with E-state index in [1.54, 1.807) is 39.8 Å². The van der Waals surface area contributed by atoms with Crippen LogP contribution >= 0.6 is 0 Å². The fourth-order valence-corrected chi connectivity index (χ4v) is 5.60. The largest absolute Gasteiger partial charge is 0.353 e. The van der Waals surface area contributed by atoms with Gasteiger partial charge in [-0.15, -0.1) is 5.06 Å². The van der Waals surface area contributed by atoms with Crippen LogP contribution in [0.2, 0.25) is 0 Å². The van der Waals surface area contributed by atoms with Crippen LogP contribution in [0.25, 0.3) is 0 Å². The van der Waals surface area contributed by atoms with E-state index >= 15 is 0 Å². The fourth-order valence-electron chi connectivity index (χ4n) is 5.60. The number of hydrogen-bond donors (Lipinski definition) is 2. The Bertz CT molecular complexity index is 1280. The van der Waals surface area contributed by atoms with Crippen molar-refractivity contribution in [1.29, 1.82) is 0 Å². The zero-order valence-corrected chi connectivity index (χ0v) is 24.6. The average molecular weight is 606 g/mol. The molecule has 0 spiro atoms. The van der Waals surface area contributed by atoms with Crippen LogP contribution in [-0.2, 0) is 47.7 Å². The second kappa shape index (κ2) is 10.9. The van der Waals surface area contributed by atoms with E-state index in [2.05, 4.69) is 10.8 Å². The van der Waals surface area contributed by atoms with E-state index in [-0.39, 0.29) is 17.0 Å². The van der Waals surface area contributed by atoms with Gasteiger partial charge in [0.25, 0.3) is 23.6 Å². The summed E-state index contributed by atoms with van der Waals surface area (Å²) in [4.78, 5) is 64.1. The van der Waals surface area contributed by atoms with Crippen LogP contribution < -0.4 is 10.8 Å². The summed E-state index contributed by atoms with van der Waals surface area (Å²) >= 11 is 0. The van der Waals surface area contributed by atoms with Gasteiger partial charge < -0.3 is 33.7 Å². The molecule has 1 aromatic rings. The second-order valence-corrected chi connectivity index (χ2v) is 12.3. The molecular weight excluding hydrogens is 570 g/mol. The molecule has 0 aliphatic carbocycles. The summed E-state index contributed by atoms with van der Waals surface area (Å²) in [6, 6.07) is 6.26. The topological polar surface area (TPSA) is 169 Å². The lowest BCUT2D eigenvalue weighted by Gasteiger charge is -2.28. The Balaban J connectivity index is 1.18. The third kappa shape index (κ3) is 5.55. The van der Waals surface area contributed by atoms with E-state index in [4.69, 9.17) is 38.1 Å². The molecule has 0 radical (unpaired) electrons. The highest BCUT2D eigenvalue weighted by atomic mass is 16.9. The van der Waals surface area contributed by atoms with Gasteiger partial charge in [0, 0.05) is 6.54 Å². The maximum atomic E-state index is 13.5. The zero-order chi connectivity index (χ0) is 30.8. The van der Waals surface area contributed by atoms with Crippen LogP contribution in [0.4, 0.5) is 0 Å². The van der Waals surface area contributed by atoms with Crippen LogP contribution in [0.5, 0.6) is 0 Å². The predicted molar refractivity (Wildman–Crippen MR) is 140 cm³/mol. The van der Waals surface area contributed by atoms with Crippen LogP contribution in [-0.4, -0.2) is 96.0 Å². The molecule has 0 unspecified atom stereocenters. The van der Waals surface area contributed by atoms with Gasteiger partial charge in [-0.1, -0.05) is 26.0 Å². The number of amides is 4. The van der Waals surface area contributed by atoms with Gasteiger partial charge in [0.1, 0.15) is 12.2 Å². The highest BCUT2D eigenvalue weighted by molar-refractivity contribution is 6.20. The van der Waals surface area contributed by atoms with Crippen molar-refractivity contribution in [3.8, 4) is 0 Å². The number of fused-ring (bicyclic) bond motifs is 3. The van der Waals surface area contributed by atoms with Gasteiger partial charge in [-0.3, -0.25) is 28.9 Å². The Morgan fingerprint density at radius 2 is 1.35 bits per heavy atom. The van der Waals surface area contributed by atoms with Gasteiger partial charge in [0.05, 0.1) is 11.1 Å². The van der Waals surface area contributed by atoms with E-state index in [1.165, 1.54) is 12.1 Å². The first-order chi connectivity index (χ1) is 20.2. The van der Waals surface area contributed by atoms with Crippen molar-refractivity contribution >= 4 is 23.6 Å². The van der Waals surface area contributed by atoms with Gasteiger partial charge in [-0.05, 0) is 45.7 Å². The van der Waals surface area contributed by atoms with Crippen molar-refractivity contribution in [2.75, 3.05) is 6.54 Å². The van der Waals surface area contributed by atoms with Gasteiger partial charge in [-0.25, -0.2) is 5.48 Å². The normalized spacial score (nSPS) is 35.3. The van der Waals surface area contributed by atoms with E-state index in [9.17, 15) is 19.2 Å². The molecule has 4 fully saturated rings. The molecule has 6 rings (SSSR count). The molecule has 8 atom stereocenters. The molecule has 0 aromatic heterocycles. The van der Waals surface area contributed by atoms with E-state index in [1.807, 2.05) is 13.8 Å². The predicted octanol–water partition coefficient (Wildman–Crippen LogP) is 0.524. The molecule has 1 aromatic carbocycles. The SMILES string of the molecule is CC(C)CNC(=O)[C@H]1O[C@@H]2OC(C)(C)O[C@@H]2[C@@H]1ONC(=O)[C@H]1O[C@@H]2OC(C)(C)O[C@@H]2[C@@H]1ON1C(=O)c2ccccc2C1=O. The van der Waals surface area contributed by atoms with Gasteiger partial charge in [0.15, 0.2) is 48.6 Å². The van der Waals surface area contributed by atoms with Crippen LogP contribution in [0.1, 0.15) is 62.3 Å². The molecule has 234 valence electrons. The van der Waals surface area contributed by atoms with Crippen LogP contribution in [0.15, 0.2) is 24.3 Å². The lowest BCUT2D eigenvalue weighted by Crippen LogP contribution is -2.52. The minimum Gasteiger partial charge on any atom is -0.353 e. The third-order valence-corrected chi connectivity index (χ3v) is 7.46. The van der Waals surface area contributed by atoms with Crippen molar-refractivity contribution in [3.05, 3.63) is 35.4 Å². The molecule has 2 N–H and O–H groups in total. The molecule has 5 aliphatic heterocycles. The third-order valence-electron chi connectivity index (χ3n) is 7.46. The Morgan fingerprint density at radius 3 is 1.88 bits per heavy atom. The first-order valence-corrected chi connectivity index (χ1v) is 14.1. The van der Waals surface area contributed by atoms with Crippen molar-refractivity contribution in [2.45, 2.75) is 102 Å². The molecule has 4 amide bonds. The molecule has 43 heavy (non-hydrogen) atoms. The van der Waals surface area contributed by atoms with Crippen molar-refractivity contribution in [2.24, 2.45) is 5.92 Å². The number of nitrogens with one attached hydrogen (secondary N) is 2. The summed E-state index contributed by atoms with van der Waals surface area (Å²) in [5.41, 5.74) is 2.65. The summed E-state index contributed by atoms with van der Waals surface area (Å²) in [5.74, 6) is -4.61. The van der Waals surface area contributed by atoms with E-state index in [0.29, 0.717) is 11.6 Å². The molecule has 15 heteroatoms. The zero-order valence-electron chi connectivity index (χ0n) is 24.6. The highest BCUT2D eigenvalue weighted by Crippen LogP contribution is 2.41. The minimum absolute atomic E-state index is 0.162. The number of hydrogen-bond acceptors (Lipinski definition) is 12. The number of rotatable bonds is 8. The maximum absolute atomic E-state index is 13.5. The highest BCUT2D eigenvalue weighted by Gasteiger charge is 2.61. The summed E-state index contributed by atoms with van der Waals surface area (Å²) < 4.78 is 35.0. The number of benzene rings is 1. The number of hydroxylamine groups is 3. The monoisotopic (exact) mass is 605 g/mol. The molecule has 0 saturated carbocycles. The summed E-state index contributed by atoms with van der Waals surface area (Å²) in [5, 5.41) is 3.38. The van der Waals surface area contributed by atoms with Gasteiger partial charge in [-0.2, -0.15) is 0 Å². The Hall–Kier alpha value is -3.02. The Labute approximate surface area is 247 Å². The minimum atomic E-state index is -1.45. The molecule has 5 aliphatic rings. The van der Waals surface area contributed by atoms with Crippen LogP contribution in [0, 0.1) is 5.92 Å². The molecule has 15 nitrogen and oxygen atoms in total. The van der Waals surface area contributed by atoms with Crippen molar-refractivity contribution < 1.29 is 57.3 Å². The summed E-state index contributed by atoms with van der Waals surface area (Å²) in [6.07, 6.45) is -8.77. The lowest BCUT2D eigenvalue weighted by atomic mass is 10.1. The van der Waals surface area contributed by atoms with Crippen LogP contribution in [0.3, 0.4) is 0 Å². The summed E-state index contributed by atoms with van der Waals surface area (Å²) in [7, 11) is 0. The smallest absolute Gasteiger partial charge is 0.285 e. The van der Waals surface area contributed by atoms with Gasteiger partial charge >= 0.3 is 0 Å². The number of carbonyl (C=O) groups excluding carboxylic acids is 4. The number of imide groups is 1. The molecule has 0 bridgehead atoms. The molecule has 5 heterocycles. The Morgan fingerprint density at radius 1 is 0.837 bits per heavy atom. The first kappa shape index (κ1) is 30.0. The number of nitrogens with zero attached hydrogens (tertiary/aromatic N) is 1. The average Bonchev–Trinajstić information content (AvgIpc) is 3.67. The fraction of sp³-hybridized carbons (Fsp3) is 0.643. The second-order valence-electron chi connectivity index (χ2n) is 12.3. The number of carbonyl (C=O) groups is 4. The quantitative estimate of drug-likeness (QED) is 0.312. The first-order valence-electron chi connectivity index (χ1n) is 14.1. The number of ether oxygens (including phenoxy) is 6. The van der Waals surface area contributed by atoms with Crippen molar-refractivity contribution in [3.63, 3.8) is 0 Å². The standard InChI is InChI=1S/C28H35N3O12/c1-12(2)11-29-21(32)17-15(19-25(36-17)40-27(3,4)38-19)42-30-22(33)18-16(20-26(37-18)41-28(5,6)39-20)43-31-23(34)13-9-7-8-10-14(13)24(31)35/h7-10,12,15-20,25-26H,11H2,1-6H3,(H,29,32)(H,30,33)/t15-,16-,17+,18+,19-,20-,25-,26-/m1/s1. The molecule has 4 saturated heterocycles. The van der Waals surface area contributed by atoms with E-state index in [0.717, 1.165) is 0 Å². The summed E-state index contributed by atoms with van der Waals surface area (Å²) in [6.45, 7) is 11.0. The van der Waals surface area contributed by atoms with E-state index < -0.39 is 84.4 Å². The van der Waals surface area contributed by atoms with Crippen molar-refractivity contribution in [1.82, 2.24) is 15.9 Å². The molecular formula is C28H35N3O12. The van der Waals surface area contributed by atoms with Gasteiger partial charge in [0.2, 0.25) is 0 Å².